The van der Waals surface area contributed by atoms with Crippen molar-refractivity contribution in [3.8, 4) is 44.5 Å². The summed E-state index contributed by atoms with van der Waals surface area (Å²) in [4.78, 5) is 0. The van der Waals surface area contributed by atoms with Crippen molar-refractivity contribution >= 4 is 61.4 Å². The van der Waals surface area contributed by atoms with E-state index < -0.39 is 42.8 Å². The molecule has 0 unspecified atom stereocenters. The number of rotatable bonds is 19. The van der Waals surface area contributed by atoms with Crippen molar-refractivity contribution in [2.24, 2.45) is 0 Å². The van der Waals surface area contributed by atoms with Gasteiger partial charge in [0.1, 0.15) is 0 Å². The number of anilines is 2. The molecule has 0 spiro atoms. The zero-order valence-corrected chi connectivity index (χ0v) is 54.4. The molecule has 0 aliphatic carbocycles. The van der Waals surface area contributed by atoms with Crippen LogP contribution >= 0.6 is 0 Å². The van der Waals surface area contributed by atoms with E-state index in [0.717, 1.165) is 0 Å². The van der Waals surface area contributed by atoms with E-state index in [1.807, 2.05) is 0 Å². The van der Waals surface area contributed by atoms with Gasteiger partial charge in [-0.05, 0) is 0 Å². The summed E-state index contributed by atoms with van der Waals surface area (Å²) in [5.74, 6) is 2.84. The molecule has 4 heteroatoms. The third-order valence-electron chi connectivity index (χ3n) is 15.3. The monoisotopic (exact) mass is 1220 g/mol. The van der Waals surface area contributed by atoms with E-state index in [0.29, 0.717) is 47.3 Å². The molecular weight excluding hydrogens is 1130 g/mol. The van der Waals surface area contributed by atoms with Crippen molar-refractivity contribution in [3.63, 3.8) is 0 Å². The Morgan fingerprint density at radius 1 is 0.224 bits per heavy atom. The molecule has 0 atom stereocenters. The molecule has 0 bridgehead atoms. The van der Waals surface area contributed by atoms with Gasteiger partial charge >= 0.3 is 485 Å². The van der Waals surface area contributed by atoms with Gasteiger partial charge in [-0.15, -0.1) is 0 Å². The standard InChI is InChI=1S/2C30H37.C12H10N2.2Sn/c2*1-19(2)25-14-10-15-26(20(3)4)29(25)23-12-9-13-24(18-23)30-27(21(5)6)16-11-17-28(30)22(7)8;1-3-7-11(8-4-1)13-14-12-9-5-2-6-10-12;;/h2*9-17,19-22H,1-8H3;1-10H;;/q;;-2;2*+1. The van der Waals surface area contributed by atoms with E-state index in [9.17, 15) is 0 Å². The molecule has 76 heavy (non-hydrogen) atoms. The predicted molar refractivity (Wildman–Crippen MR) is 336 cm³/mol. The van der Waals surface area contributed by atoms with Gasteiger partial charge in [-0.2, -0.15) is 0 Å². The molecule has 2 nitrogen and oxygen atoms in total. The zero-order valence-electron chi connectivity index (χ0n) is 48.7. The third-order valence-corrected chi connectivity index (χ3v) is 25.1. The van der Waals surface area contributed by atoms with Gasteiger partial charge in [-0.1, -0.05) is 0 Å². The second kappa shape index (κ2) is 25.2. The van der Waals surface area contributed by atoms with Crippen molar-refractivity contribution in [2.75, 3.05) is 6.46 Å². The summed E-state index contributed by atoms with van der Waals surface area (Å²) in [7, 11) is 0. The summed E-state index contributed by atoms with van der Waals surface area (Å²) in [6.07, 6.45) is 0. The molecule has 0 aliphatic heterocycles. The zero-order chi connectivity index (χ0) is 54.5. The average molecular weight is 1210 g/mol. The second-order valence-corrected chi connectivity index (χ2v) is 30.0. The van der Waals surface area contributed by atoms with Crippen LogP contribution in [0, 0.1) is 0 Å². The molecule has 8 aromatic carbocycles. The summed E-state index contributed by atoms with van der Waals surface area (Å²) in [5, 5.41) is 0. The van der Waals surface area contributed by atoms with Crippen LogP contribution in [0.3, 0.4) is 0 Å². The summed E-state index contributed by atoms with van der Waals surface area (Å²) < 4.78 is 8.83. The van der Waals surface area contributed by atoms with Gasteiger partial charge in [0.25, 0.3) is 0 Å². The number of hydrazine groups is 1. The van der Waals surface area contributed by atoms with Gasteiger partial charge in [0.15, 0.2) is 0 Å². The van der Waals surface area contributed by atoms with Gasteiger partial charge in [-0.25, -0.2) is 0 Å². The SMILES string of the molecule is CC(C)c1cccc(C(C)C)c1-c1cccc(-c2c(C(C)C)cccc2C(C)C)[c]1[Sn][N](c1ccccc1)[N]([Sn][c]1c(-c2c(C(C)C)cccc2C(C)C)cccc1-c1c(C(C)C)cccc1C(C)C)c1ccccc1. The maximum absolute atomic E-state index is 2.88. The number of hydrogen-bond donors (Lipinski definition) is 0. The van der Waals surface area contributed by atoms with Gasteiger partial charge in [0, 0.05) is 0 Å². The number of nitrogens with zero attached hydrogens (tertiary/aromatic N) is 2. The van der Waals surface area contributed by atoms with Crippen LogP contribution < -0.4 is 13.6 Å². The molecule has 8 aromatic rings. The Bertz CT molecular complexity index is 2750. The summed E-state index contributed by atoms with van der Waals surface area (Å²) in [5.41, 5.74) is 25.3. The molecule has 390 valence electrons. The molecule has 0 amide bonds. The summed E-state index contributed by atoms with van der Waals surface area (Å²) >= 11 is -3.83. The van der Waals surface area contributed by atoms with Crippen LogP contribution in [0.4, 0.5) is 11.4 Å². The third kappa shape index (κ3) is 12.0. The van der Waals surface area contributed by atoms with Crippen molar-refractivity contribution in [1.82, 2.24) is 0 Å². The van der Waals surface area contributed by atoms with Crippen LogP contribution in [0.1, 0.15) is 203 Å². The molecular formula is C72H84N2Sn2. The molecule has 8 rings (SSSR count). The first-order valence-electron chi connectivity index (χ1n) is 28.4. The molecule has 4 radical (unpaired) electrons. The minimum absolute atomic E-state index is 0.355. The van der Waals surface area contributed by atoms with Gasteiger partial charge in [-0.3, -0.25) is 0 Å². The van der Waals surface area contributed by atoms with Crippen LogP contribution in [-0.2, 0) is 0 Å². The molecule has 0 saturated carbocycles. The van der Waals surface area contributed by atoms with E-state index in [2.05, 4.69) is 287 Å². The molecule has 0 N–H and O–H groups in total. The van der Waals surface area contributed by atoms with Crippen molar-refractivity contribution in [2.45, 2.75) is 158 Å². The first-order valence-corrected chi connectivity index (χ1v) is 33.8. The van der Waals surface area contributed by atoms with E-state index in [-0.39, 0.29) is 0 Å². The van der Waals surface area contributed by atoms with Crippen molar-refractivity contribution in [3.05, 3.63) is 214 Å². The number of hydrogen-bond acceptors (Lipinski definition) is 2. The van der Waals surface area contributed by atoms with Gasteiger partial charge < -0.3 is 0 Å². The Hall–Kier alpha value is -5.04. The Labute approximate surface area is 480 Å². The fourth-order valence-electron chi connectivity index (χ4n) is 11.4. The topological polar surface area (TPSA) is 6.48 Å². The van der Waals surface area contributed by atoms with E-state index in [1.54, 1.807) is 0 Å². The minimum atomic E-state index is -1.91. The summed E-state index contributed by atoms with van der Waals surface area (Å²) in [6.45, 7) is 38.2. The Balaban J connectivity index is 1.53. The van der Waals surface area contributed by atoms with Gasteiger partial charge in [0.05, 0.1) is 0 Å². The Morgan fingerprint density at radius 3 is 0.592 bits per heavy atom. The fraction of sp³-hybridized carbons (Fsp3) is 0.333. The maximum atomic E-state index is 2.88. The molecule has 0 fully saturated rings. The Kier molecular flexibility index (Phi) is 18.9. The second-order valence-electron chi connectivity index (χ2n) is 23.5. The average Bonchev–Trinajstić information content (AvgIpc) is 3.41. The van der Waals surface area contributed by atoms with Crippen molar-refractivity contribution < 1.29 is 0 Å². The number of para-hydroxylation sites is 2. The van der Waals surface area contributed by atoms with Crippen LogP contribution in [0.15, 0.2) is 170 Å². The van der Waals surface area contributed by atoms with Crippen LogP contribution in [0.25, 0.3) is 44.5 Å². The predicted octanol–water partition coefficient (Wildman–Crippen LogP) is 19.5. The van der Waals surface area contributed by atoms with E-state index in [1.165, 1.54) is 108 Å². The fourth-order valence-corrected chi connectivity index (χ4v) is 21.1. The van der Waals surface area contributed by atoms with E-state index >= 15 is 0 Å². The number of benzene rings is 8. The Morgan fingerprint density at radius 2 is 0.408 bits per heavy atom. The first kappa shape index (κ1) is 57.1. The van der Waals surface area contributed by atoms with Crippen LogP contribution in [0.5, 0.6) is 0 Å². The van der Waals surface area contributed by atoms with Gasteiger partial charge in [0.2, 0.25) is 0 Å². The quantitative estimate of drug-likeness (QED) is 0.0588. The molecule has 0 saturated heterocycles. The van der Waals surface area contributed by atoms with Crippen LogP contribution in [-0.4, -0.2) is 42.8 Å². The molecule has 0 aromatic heterocycles. The molecule has 0 heterocycles. The first-order chi connectivity index (χ1) is 36.4. The van der Waals surface area contributed by atoms with Crippen molar-refractivity contribution in [1.29, 1.82) is 0 Å². The normalized spacial score (nSPS) is 11.9. The molecule has 0 aliphatic rings. The van der Waals surface area contributed by atoms with Crippen LogP contribution in [0.2, 0.25) is 0 Å². The van der Waals surface area contributed by atoms with E-state index in [4.69, 9.17) is 0 Å². The summed E-state index contributed by atoms with van der Waals surface area (Å²) in [6, 6.07) is 66.3.